The Morgan fingerprint density at radius 1 is 1.12 bits per heavy atom. The van der Waals surface area contributed by atoms with Gasteiger partial charge in [0.2, 0.25) is 0 Å². The Kier molecular flexibility index (Phi) is 4.19. The van der Waals surface area contributed by atoms with Crippen LogP contribution in [0.5, 0.6) is 0 Å². The second-order valence-corrected chi connectivity index (χ2v) is 7.56. The number of piperazine rings is 1. The number of rotatable bonds is 2. The van der Waals surface area contributed by atoms with E-state index in [4.69, 9.17) is 10.5 Å². The molecule has 3 rings (SSSR count). The van der Waals surface area contributed by atoms with E-state index in [-0.39, 0.29) is 12.0 Å². The summed E-state index contributed by atoms with van der Waals surface area (Å²) >= 11 is 0. The Labute approximate surface area is 142 Å². The van der Waals surface area contributed by atoms with Gasteiger partial charge in [-0.05, 0) is 39.7 Å². The van der Waals surface area contributed by atoms with Crippen molar-refractivity contribution in [3.63, 3.8) is 0 Å². The van der Waals surface area contributed by atoms with Gasteiger partial charge >= 0.3 is 6.09 Å². The number of amides is 2. The maximum absolute atomic E-state index is 12.8. The van der Waals surface area contributed by atoms with Gasteiger partial charge in [-0.25, -0.2) is 4.79 Å². The smallest absolute Gasteiger partial charge is 0.410 e. The van der Waals surface area contributed by atoms with Crippen LogP contribution in [0, 0.1) is 0 Å². The number of nitrogens with zero attached hydrogens (tertiary/aromatic N) is 3. The zero-order valence-electron chi connectivity index (χ0n) is 14.6. The van der Waals surface area contributed by atoms with Crippen LogP contribution in [-0.4, -0.2) is 58.1 Å². The molecule has 0 unspecified atom stereocenters. The lowest BCUT2D eigenvalue weighted by molar-refractivity contribution is 0.0139. The van der Waals surface area contributed by atoms with Gasteiger partial charge in [-0.15, -0.1) is 0 Å². The average Bonchev–Trinajstić information content (AvgIpc) is 3.27. The number of nitrogen functional groups attached to an aromatic ring is 1. The van der Waals surface area contributed by atoms with Crippen molar-refractivity contribution in [1.82, 2.24) is 14.4 Å². The summed E-state index contributed by atoms with van der Waals surface area (Å²) in [5.74, 6) is -0.0116. The summed E-state index contributed by atoms with van der Waals surface area (Å²) in [4.78, 5) is 28.3. The van der Waals surface area contributed by atoms with E-state index in [1.165, 1.54) is 0 Å². The molecule has 0 bridgehead atoms. The predicted molar refractivity (Wildman–Crippen MR) is 90.8 cm³/mol. The van der Waals surface area contributed by atoms with E-state index < -0.39 is 5.60 Å². The first-order valence-corrected chi connectivity index (χ1v) is 8.49. The lowest BCUT2D eigenvalue weighted by Crippen LogP contribution is -2.51. The number of nitrogens with two attached hydrogens (primary N) is 1. The van der Waals surface area contributed by atoms with Crippen molar-refractivity contribution in [2.75, 3.05) is 31.9 Å². The molecule has 1 aromatic rings. The van der Waals surface area contributed by atoms with Gasteiger partial charge in [0.1, 0.15) is 11.3 Å². The number of hydrogen-bond donors (Lipinski definition) is 1. The third kappa shape index (κ3) is 3.66. The molecule has 2 N–H and O–H groups in total. The lowest BCUT2D eigenvalue weighted by Gasteiger charge is -2.35. The van der Waals surface area contributed by atoms with Gasteiger partial charge in [0.15, 0.2) is 0 Å². The van der Waals surface area contributed by atoms with Gasteiger partial charge in [-0.2, -0.15) is 0 Å². The van der Waals surface area contributed by atoms with Crippen molar-refractivity contribution in [2.24, 2.45) is 0 Å². The van der Waals surface area contributed by atoms with E-state index in [9.17, 15) is 9.59 Å². The van der Waals surface area contributed by atoms with Gasteiger partial charge in [0, 0.05) is 38.4 Å². The van der Waals surface area contributed by atoms with Gasteiger partial charge in [-0.1, -0.05) is 0 Å². The van der Waals surface area contributed by atoms with Crippen molar-refractivity contribution in [1.29, 1.82) is 0 Å². The Hall–Kier alpha value is -2.18. The fourth-order valence-electron chi connectivity index (χ4n) is 2.91. The first-order chi connectivity index (χ1) is 11.2. The first kappa shape index (κ1) is 16.7. The molecule has 1 aromatic heterocycles. The Balaban J connectivity index is 1.60. The van der Waals surface area contributed by atoms with Gasteiger partial charge < -0.3 is 24.8 Å². The fraction of sp³-hybridized carbons (Fsp3) is 0.647. The van der Waals surface area contributed by atoms with Crippen LogP contribution < -0.4 is 5.73 Å². The third-order valence-corrected chi connectivity index (χ3v) is 4.25. The zero-order valence-corrected chi connectivity index (χ0v) is 14.6. The molecular formula is C17H26N4O3. The van der Waals surface area contributed by atoms with E-state index in [1.807, 2.05) is 31.5 Å². The van der Waals surface area contributed by atoms with Crippen LogP contribution >= 0.6 is 0 Å². The second kappa shape index (κ2) is 6.03. The van der Waals surface area contributed by atoms with Crippen LogP contribution in [0.1, 0.15) is 50.1 Å². The molecule has 2 amide bonds. The van der Waals surface area contributed by atoms with Gasteiger partial charge in [0.05, 0.1) is 5.69 Å². The minimum atomic E-state index is -0.507. The van der Waals surface area contributed by atoms with Crippen molar-refractivity contribution in [2.45, 2.75) is 45.3 Å². The molecule has 0 spiro atoms. The molecule has 1 aliphatic heterocycles. The molecule has 0 aromatic carbocycles. The highest BCUT2D eigenvalue weighted by Crippen LogP contribution is 2.37. The average molecular weight is 334 g/mol. The summed E-state index contributed by atoms with van der Waals surface area (Å²) in [7, 11) is 0. The lowest BCUT2D eigenvalue weighted by atomic mass is 10.2. The molecule has 1 saturated carbocycles. The summed E-state index contributed by atoms with van der Waals surface area (Å²) in [6, 6.07) is 2.16. The van der Waals surface area contributed by atoms with Crippen molar-refractivity contribution >= 4 is 17.7 Å². The SMILES string of the molecule is CC(C)(C)OC(=O)N1CCN(C(=O)c2cc(N)cn2C2CC2)CC1. The van der Waals surface area contributed by atoms with Crippen LogP contribution in [0.3, 0.4) is 0 Å². The van der Waals surface area contributed by atoms with E-state index in [2.05, 4.69) is 0 Å². The van der Waals surface area contributed by atoms with E-state index in [0.29, 0.717) is 43.6 Å². The fourth-order valence-corrected chi connectivity index (χ4v) is 2.91. The van der Waals surface area contributed by atoms with Crippen molar-refractivity contribution in [3.05, 3.63) is 18.0 Å². The highest BCUT2D eigenvalue weighted by atomic mass is 16.6. The molecular weight excluding hydrogens is 308 g/mol. The monoisotopic (exact) mass is 334 g/mol. The summed E-state index contributed by atoms with van der Waals surface area (Å²) in [5, 5.41) is 0. The standard InChI is InChI=1S/C17H26N4O3/c1-17(2,3)24-16(23)20-8-6-19(7-9-20)15(22)14-10-12(18)11-21(14)13-4-5-13/h10-11,13H,4-9,18H2,1-3H3. The quantitative estimate of drug-likeness (QED) is 0.898. The van der Waals surface area contributed by atoms with E-state index >= 15 is 0 Å². The van der Waals surface area contributed by atoms with Crippen LogP contribution in [0.25, 0.3) is 0 Å². The number of carbonyl (C=O) groups excluding carboxylic acids is 2. The van der Waals surface area contributed by atoms with Crippen molar-refractivity contribution < 1.29 is 14.3 Å². The molecule has 0 atom stereocenters. The first-order valence-electron chi connectivity index (χ1n) is 8.49. The maximum atomic E-state index is 12.8. The number of ether oxygens (including phenoxy) is 1. The molecule has 2 aliphatic rings. The third-order valence-electron chi connectivity index (χ3n) is 4.25. The number of carbonyl (C=O) groups is 2. The summed E-state index contributed by atoms with van der Waals surface area (Å²) in [5.41, 5.74) is 6.64. The molecule has 24 heavy (non-hydrogen) atoms. The van der Waals surface area contributed by atoms with E-state index in [0.717, 1.165) is 12.8 Å². The second-order valence-electron chi connectivity index (χ2n) is 7.56. The predicted octanol–water partition coefficient (Wildman–Crippen LogP) is 2.10. The van der Waals surface area contributed by atoms with Gasteiger partial charge in [0.25, 0.3) is 5.91 Å². The molecule has 7 nitrogen and oxygen atoms in total. The largest absolute Gasteiger partial charge is 0.444 e. The zero-order chi connectivity index (χ0) is 17.5. The Morgan fingerprint density at radius 2 is 1.71 bits per heavy atom. The summed E-state index contributed by atoms with van der Waals surface area (Å²) in [6.07, 6.45) is 3.73. The van der Waals surface area contributed by atoms with Crippen molar-refractivity contribution in [3.8, 4) is 0 Å². The summed E-state index contributed by atoms with van der Waals surface area (Å²) < 4.78 is 7.38. The van der Waals surface area contributed by atoms with Crippen LogP contribution in [0.2, 0.25) is 0 Å². The molecule has 2 fully saturated rings. The molecule has 2 heterocycles. The minimum Gasteiger partial charge on any atom is -0.444 e. The molecule has 1 saturated heterocycles. The molecule has 7 heteroatoms. The topological polar surface area (TPSA) is 80.8 Å². The minimum absolute atomic E-state index is 0.0116. The summed E-state index contributed by atoms with van der Waals surface area (Å²) in [6.45, 7) is 7.53. The highest BCUT2D eigenvalue weighted by Gasteiger charge is 2.32. The number of anilines is 1. The highest BCUT2D eigenvalue weighted by molar-refractivity contribution is 5.94. The molecule has 0 radical (unpaired) electrons. The van der Waals surface area contributed by atoms with Crippen LogP contribution in [0.4, 0.5) is 10.5 Å². The molecule has 1 aliphatic carbocycles. The van der Waals surface area contributed by atoms with Crippen LogP contribution in [-0.2, 0) is 4.74 Å². The Bertz CT molecular complexity index is 635. The van der Waals surface area contributed by atoms with Crippen LogP contribution in [0.15, 0.2) is 12.3 Å². The number of hydrogen-bond acceptors (Lipinski definition) is 4. The number of aromatic nitrogens is 1. The Morgan fingerprint density at radius 3 is 2.25 bits per heavy atom. The maximum Gasteiger partial charge on any atom is 0.410 e. The molecule has 132 valence electrons. The normalized spacial score (nSPS) is 18.6. The van der Waals surface area contributed by atoms with E-state index in [1.54, 1.807) is 15.9 Å². The van der Waals surface area contributed by atoms with Gasteiger partial charge in [-0.3, -0.25) is 4.79 Å².